The molecule has 0 amide bonds. The minimum atomic E-state index is -2.94. The molecule has 0 aromatic heterocycles. The number of hydrogen-bond donors (Lipinski definition) is 0. The molecule has 7 heteroatoms. The molecule has 1 aromatic carbocycles. The van der Waals surface area contributed by atoms with Gasteiger partial charge in [-0.25, -0.2) is 0 Å². The van der Waals surface area contributed by atoms with Crippen molar-refractivity contribution in [3.05, 3.63) is 41.5 Å². The summed E-state index contributed by atoms with van der Waals surface area (Å²) in [7, 11) is 17.0. The summed E-state index contributed by atoms with van der Waals surface area (Å²) in [4.78, 5) is 0. The second-order valence-electron chi connectivity index (χ2n) is 3.24. The summed E-state index contributed by atoms with van der Waals surface area (Å²) in [5.41, 5.74) is 0. The van der Waals surface area contributed by atoms with E-state index in [1.807, 2.05) is 18.2 Å². The van der Waals surface area contributed by atoms with Crippen LogP contribution in [0.1, 0.15) is 6.92 Å². The standard InChI is InChI=1S/C9H9ClP.Al.4ClH/c1-8-7-11(8,10)9-5-3-2-4-6-9;;;;;/h2-7H,1H3;;4*1H/q+1;+3;;;;/p-4. The molecule has 1 aliphatic rings. The lowest BCUT2D eigenvalue weighted by Gasteiger charge is -1.97. The van der Waals surface area contributed by atoms with Gasteiger partial charge in [0.1, 0.15) is 27.7 Å². The van der Waals surface area contributed by atoms with Crippen LogP contribution in [0.15, 0.2) is 41.5 Å². The van der Waals surface area contributed by atoms with Gasteiger partial charge >= 0.3 is 9.39 Å². The quantitative estimate of drug-likeness (QED) is 0.447. The zero-order chi connectivity index (χ0) is 12.4. The van der Waals surface area contributed by atoms with Gasteiger partial charge in [-0.3, -0.25) is 0 Å². The van der Waals surface area contributed by atoms with E-state index in [-0.39, 0.29) is 0 Å². The first-order valence-corrected chi connectivity index (χ1v) is 14.2. The summed E-state index contributed by atoms with van der Waals surface area (Å²) in [6, 6.07) is 10.3. The van der Waals surface area contributed by atoms with E-state index in [2.05, 4.69) is 24.9 Å². The van der Waals surface area contributed by atoms with Crippen LogP contribution in [0, 0.1) is 0 Å². The molecule has 0 spiro atoms. The van der Waals surface area contributed by atoms with Crippen LogP contribution in [0.4, 0.5) is 0 Å². The van der Waals surface area contributed by atoms with Crippen molar-refractivity contribution in [1.29, 1.82) is 0 Å². The largest absolute Gasteiger partial charge is 0.564 e. The van der Waals surface area contributed by atoms with Crippen LogP contribution in [0.5, 0.6) is 0 Å². The van der Waals surface area contributed by atoms with Gasteiger partial charge in [0.2, 0.25) is 6.62 Å². The minimum Gasteiger partial charge on any atom is -0.391 e. The van der Waals surface area contributed by atoms with Crippen molar-refractivity contribution in [2.45, 2.75) is 6.92 Å². The highest BCUT2D eigenvalue weighted by atomic mass is 35.9. The first-order valence-electron chi connectivity index (χ1n) is 4.45. The fourth-order valence-corrected chi connectivity index (χ4v) is 4.10. The van der Waals surface area contributed by atoms with Gasteiger partial charge in [0.25, 0.3) is 0 Å². The van der Waals surface area contributed by atoms with E-state index >= 15 is 0 Å². The Morgan fingerprint density at radius 1 is 1.00 bits per heavy atom. The Kier molecular flexibility index (Phi) is 5.80. The predicted octanol–water partition coefficient (Wildman–Crippen LogP) is 5.74. The van der Waals surface area contributed by atoms with E-state index in [0.29, 0.717) is 0 Å². The van der Waals surface area contributed by atoms with E-state index in [4.69, 9.17) is 51.4 Å². The van der Waals surface area contributed by atoms with E-state index in [9.17, 15) is 0 Å². The lowest BCUT2D eigenvalue weighted by Crippen LogP contribution is -1.95. The van der Waals surface area contributed by atoms with Gasteiger partial charge in [-0.15, -0.1) is 0 Å². The summed E-state index contributed by atoms with van der Waals surface area (Å²) < 4.78 is 0. The van der Waals surface area contributed by atoms with Crippen molar-refractivity contribution < 1.29 is 0 Å². The second-order valence-corrected chi connectivity index (χ2v) is 20.5. The molecule has 0 aliphatic carbocycles. The number of halogens is 5. The third-order valence-electron chi connectivity index (χ3n) is 1.94. The van der Waals surface area contributed by atoms with Gasteiger partial charge < -0.3 is 40.2 Å². The highest BCUT2D eigenvalue weighted by Crippen LogP contribution is 2.82. The SMILES string of the molecule is CC1=C[P+]1(Cl)c1ccccc1.[Cl][Al-]([Cl])([Cl])[Cl]. The number of allylic oxidation sites excluding steroid dienone is 1. The monoisotopic (exact) mass is 350 g/mol. The first kappa shape index (κ1) is 15.4. The molecular formula is C9H9AlCl5P. The first-order chi connectivity index (χ1) is 7.23. The molecule has 1 atom stereocenters. The molecule has 0 N–H and O–H groups in total. The third kappa shape index (κ3) is 5.35. The Bertz CT molecular complexity index is 383. The number of benzene rings is 1. The molecule has 0 saturated heterocycles. The van der Waals surface area contributed by atoms with Gasteiger partial charge in [-0.2, -0.15) is 0 Å². The molecule has 0 fully saturated rings. The highest BCUT2D eigenvalue weighted by Gasteiger charge is 2.53. The zero-order valence-electron chi connectivity index (χ0n) is 8.38. The van der Waals surface area contributed by atoms with Crippen molar-refractivity contribution in [3.63, 3.8) is 0 Å². The Balaban J connectivity index is 0.000000221. The second kappa shape index (κ2) is 6.01. The van der Waals surface area contributed by atoms with Gasteiger partial charge in [0.05, 0.1) is 0 Å². The maximum Gasteiger partial charge on any atom is 0.564 e. The van der Waals surface area contributed by atoms with Crippen LogP contribution < -0.4 is 5.30 Å². The van der Waals surface area contributed by atoms with Crippen molar-refractivity contribution >= 4 is 72.7 Å². The van der Waals surface area contributed by atoms with Crippen molar-refractivity contribution in [2.75, 3.05) is 0 Å². The molecule has 1 aromatic rings. The van der Waals surface area contributed by atoms with Gasteiger partial charge in [0, 0.05) is 0 Å². The molecule has 1 unspecified atom stereocenters. The zero-order valence-corrected chi connectivity index (χ0v) is 14.2. The fourth-order valence-electron chi connectivity index (χ4n) is 1.15. The topological polar surface area (TPSA) is 0 Å². The average molecular weight is 352 g/mol. The smallest absolute Gasteiger partial charge is 0.391 e. The Morgan fingerprint density at radius 2 is 1.38 bits per heavy atom. The Hall–Kier alpha value is 1.37. The lowest BCUT2D eigenvalue weighted by molar-refractivity contribution is 1.75. The predicted molar refractivity (Wildman–Crippen MR) is 81.8 cm³/mol. The lowest BCUT2D eigenvalue weighted by atomic mass is 10.4. The Morgan fingerprint density at radius 3 is 1.69 bits per heavy atom. The Labute approximate surface area is 120 Å². The van der Waals surface area contributed by atoms with Crippen molar-refractivity contribution in [3.8, 4) is 0 Å². The van der Waals surface area contributed by atoms with Crippen LogP contribution in [0.2, 0.25) is 0 Å². The van der Waals surface area contributed by atoms with Crippen LogP contribution in [-0.4, -0.2) is 9.39 Å². The van der Waals surface area contributed by atoms with Crippen LogP contribution in [-0.2, 0) is 0 Å². The van der Waals surface area contributed by atoms with Gasteiger partial charge in [-0.1, -0.05) is 18.2 Å². The molecule has 0 saturated carbocycles. The average Bonchev–Trinajstić information content (AvgIpc) is 2.75. The summed E-state index contributed by atoms with van der Waals surface area (Å²) >= 11 is 6.34. The van der Waals surface area contributed by atoms with Crippen LogP contribution in [0.25, 0.3) is 0 Å². The summed E-state index contributed by atoms with van der Waals surface area (Å²) in [6.07, 6.45) is 0. The van der Waals surface area contributed by atoms with Gasteiger partial charge in [0.15, 0.2) is 0 Å². The maximum atomic E-state index is 6.34. The van der Waals surface area contributed by atoms with E-state index < -0.39 is 16.0 Å². The van der Waals surface area contributed by atoms with E-state index in [1.165, 1.54) is 10.6 Å². The number of rotatable bonds is 1. The minimum absolute atomic E-state index is 1.29. The summed E-state index contributed by atoms with van der Waals surface area (Å²) in [6.45, 7) is 0.760. The maximum absolute atomic E-state index is 6.34. The third-order valence-corrected chi connectivity index (χ3v) is 6.29. The fraction of sp³-hybridized carbons (Fsp3) is 0.111. The molecule has 0 bridgehead atoms. The van der Waals surface area contributed by atoms with E-state index in [0.717, 1.165) is 0 Å². The van der Waals surface area contributed by atoms with E-state index in [1.54, 1.807) is 0 Å². The molecule has 0 nitrogen and oxygen atoms in total. The molecule has 1 aliphatic heterocycles. The van der Waals surface area contributed by atoms with Crippen LogP contribution >= 0.6 is 58.1 Å². The molecule has 2 rings (SSSR count). The molecular weight excluding hydrogens is 343 g/mol. The van der Waals surface area contributed by atoms with Crippen molar-refractivity contribution in [2.24, 2.45) is 0 Å². The van der Waals surface area contributed by atoms with Crippen LogP contribution in [0.3, 0.4) is 0 Å². The summed E-state index contributed by atoms with van der Waals surface area (Å²) in [5, 5.41) is 2.66. The molecule has 1 heterocycles. The number of hydrogen-bond acceptors (Lipinski definition) is 0. The van der Waals surface area contributed by atoms with Crippen molar-refractivity contribution in [1.82, 2.24) is 0 Å². The molecule has 0 radical (unpaired) electrons. The summed E-state index contributed by atoms with van der Waals surface area (Å²) in [5.74, 6) is 2.18. The normalized spacial score (nSPS) is 23.0. The van der Waals surface area contributed by atoms with Gasteiger partial charge in [-0.05, 0) is 19.1 Å². The molecule has 88 valence electrons. The molecule has 16 heavy (non-hydrogen) atoms. The highest BCUT2D eigenvalue weighted by molar-refractivity contribution is 8.14.